The fourth-order valence-corrected chi connectivity index (χ4v) is 1.86. The molecule has 0 saturated carbocycles. The molecule has 0 fully saturated rings. The van der Waals surface area contributed by atoms with Crippen LogP contribution in [0.25, 0.3) is 11.1 Å². The van der Waals surface area contributed by atoms with Gasteiger partial charge in [-0.1, -0.05) is 35.9 Å². The quantitative estimate of drug-likeness (QED) is 0.734. The highest BCUT2D eigenvalue weighted by molar-refractivity contribution is 6.30. The number of benzene rings is 2. The Morgan fingerprint density at radius 1 is 0.941 bits per heavy atom. The first-order valence-electron chi connectivity index (χ1n) is 5.34. The van der Waals surface area contributed by atoms with Gasteiger partial charge in [-0.3, -0.25) is 0 Å². The van der Waals surface area contributed by atoms with Crippen molar-refractivity contribution in [2.75, 3.05) is 12.5 Å². The van der Waals surface area contributed by atoms with Crippen LogP contribution in [0.15, 0.2) is 48.5 Å². The molecule has 0 aliphatic carbocycles. The largest absolute Gasteiger partial charge is 0.492 e. The third-order valence-corrected chi connectivity index (χ3v) is 2.73. The van der Waals surface area contributed by atoms with Crippen LogP contribution >= 0.6 is 23.2 Å². The summed E-state index contributed by atoms with van der Waals surface area (Å²) in [6.45, 7) is 0.514. The van der Waals surface area contributed by atoms with E-state index in [1.807, 2.05) is 48.5 Å². The first-order chi connectivity index (χ1) is 8.29. The Morgan fingerprint density at radius 2 is 1.65 bits per heavy atom. The summed E-state index contributed by atoms with van der Waals surface area (Å²) in [6, 6.07) is 15.6. The predicted octanol–water partition coefficient (Wildman–Crippen LogP) is 4.62. The van der Waals surface area contributed by atoms with Gasteiger partial charge in [0.1, 0.15) is 12.4 Å². The Kier molecular flexibility index (Phi) is 4.29. The van der Waals surface area contributed by atoms with Crippen molar-refractivity contribution < 1.29 is 4.74 Å². The molecule has 0 bridgehead atoms. The van der Waals surface area contributed by atoms with E-state index in [-0.39, 0.29) is 0 Å². The summed E-state index contributed by atoms with van der Waals surface area (Å²) < 4.78 is 5.48. The molecule has 0 saturated heterocycles. The number of ether oxygens (including phenoxy) is 1. The van der Waals surface area contributed by atoms with Crippen LogP contribution in [-0.2, 0) is 0 Å². The van der Waals surface area contributed by atoms with Crippen molar-refractivity contribution in [1.29, 1.82) is 0 Å². The van der Waals surface area contributed by atoms with Crippen LogP contribution in [-0.4, -0.2) is 12.5 Å². The topological polar surface area (TPSA) is 9.23 Å². The van der Waals surface area contributed by atoms with Gasteiger partial charge < -0.3 is 4.74 Å². The first kappa shape index (κ1) is 12.3. The SMILES string of the molecule is ClCCOc1cccc(-c2cccc(Cl)c2)c1. The molecule has 0 unspecified atom stereocenters. The van der Waals surface area contributed by atoms with E-state index in [9.17, 15) is 0 Å². The maximum absolute atomic E-state index is 5.97. The minimum absolute atomic E-state index is 0.487. The minimum Gasteiger partial charge on any atom is -0.492 e. The molecular weight excluding hydrogens is 255 g/mol. The smallest absolute Gasteiger partial charge is 0.119 e. The summed E-state index contributed by atoms with van der Waals surface area (Å²) in [5, 5.41) is 0.731. The van der Waals surface area contributed by atoms with E-state index < -0.39 is 0 Å². The third-order valence-electron chi connectivity index (χ3n) is 2.34. The van der Waals surface area contributed by atoms with Gasteiger partial charge >= 0.3 is 0 Å². The standard InChI is InChI=1S/C14H12Cl2O/c15-7-8-17-14-6-2-4-12(10-14)11-3-1-5-13(16)9-11/h1-6,9-10H,7-8H2. The molecule has 0 heterocycles. The first-order valence-corrected chi connectivity index (χ1v) is 6.25. The summed E-state index contributed by atoms with van der Waals surface area (Å²) in [5.74, 6) is 1.31. The monoisotopic (exact) mass is 266 g/mol. The highest BCUT2D eigenvalue weighted by Crippen LogP contribution is 2.25. The summed E-state index contributed by atoms with van der Waals surface area (Å²) in [6.07, 6.45) is 0. The fourth-order valence-electron chi connectivity index (χ4n) is 1.59. The lowest BCUT2D eigenvalue weighted by atomic mass is 10.1. The number of hydrogen-bond donors (Lipinski definition) is 0. The maximum atomic E-state index is 5.97. The molecule has 0 radical (unpaired) electrons. The zero-order valence-electron chi connectivity index (χ0n) is 9.20. The Labute approximate surface area is 111 Å². The van der Waals surface area contributed by atoms with Crippen molar-refractivity contribution in [2.45, 2.75) is 0 Å². The second-order valence-electron chi connectivity index (χ2n) is 3.58. The highest BCUT2D eigenvalue weighted by Gasteiger charge is 2.00. The van der Waals surface area contributed by atoms with Crippen molar-refractivity contribution >= 4 is 23.2 Å². The van der Waals surface area contributed by atoms with Crippen LogP contribution in [0.2, 0.25) is 5.02 Å². The molecule has 0 N–H and O–H groups in total. The van der Waals surface area contributed by atoms with E-state index in [1.165, 1.54) is 0 Å². The van der Waals surface area contributed by atoms with Gasteiger partial charge in [-0.25, -0.2) is 0 Å². The average molecular weight is 267 g/mol. The molecule has 0 atom stereocenters. The Hall–Kier alpha value is -1.18. The van der Waals surface area contributed by atoms with Gasteiger partial charge in [0.25, 0.3) is 0 Å². The van der Waals surface area contributed by atoms with Crippen LogP contribution in [0.4, 0.5) is 0 Å². The molecule has 88 valence electrons. The van der Waals surface area contributed by atoms with Crippen molar-refractivity contribution in [1.82, 2.24) is 0 Å². The maximum Gasteiger partial charge on any atom is 0.119 e. The molecule has 2 rings (SSSR count). The molecule has 17 heavy (non-hydrogen) atoms. The minimum atomic E-state index is 0.487. The average Bonchev–Trinajstić information content (AvgIpc) is 2.37. The lowest BCUT2D eigenvalue weighted by Gasteiger charge is -2.07. The summed E-state index contributed by atoms with van der Waals surface area (Å²) in [4.78, 5) is 0. The molecule has 1 nitrogen and oxygen atoms in total. The van der Waals surface area contributed by atoms with E-state index >= 15 is 0 Å². The van der Waals surface area contributed by atoms with Crippen molar-refractivity contribution in [3.05, 3.63) is 53.6 Å². The van der Waals surface area contributed by atoms with Crippen molar-refractivity contribution in [3.8, 4) is 16.9 Å². The molecule has 0 aliphatic heterocycles. The summed E-state index contributed by atoms with van der Waals surface area (Å²) in [5.41, 5.74) is 2.16. The van der Waals surface area contributed by atoms with Gasteiger partial charge in [0, 0.05) is 5.02 Å². The lowest BCUT2D eigenvalue weighted by molar-refractivity contribution is 0.343. The number of halogens is 2. The van der Waals surface area contributed by atoms with Gasteiger partial charge in [0.15, 0.2) is 0 Å². The van der Waals surface area contributed by atoms with Crippen LogP contribution in [0.5, 0.6) is 5.75 Å². The second kappa shape index (κ2) is 5.95. The van der Waals surface area contributed by atoms with Gasteiger partial charge in [-0.05, 0) is 35.4 Å². The highest BCUT2D eigenvalue weighted by atomic mass is 35.5. The van der Waals surface area contributed by atoms with E-state index in [0.717, 1.165) is 21.9 Å². The van der Waals surface area contributed by atoms with E-state index in [2.05, 4.69) is 0 Å². The molecule has 2 aromatic rings. The molecular formula is C14H12Cl2O. The zero-order valence-corrected chi connectivity index (χ0v) is 10.7. The van der Waals surface area contributed by atoms with Crippen LogP contribution in [0.1, 0.15) is 0 Å². The summed E-state index contributed by atoms with van der Waals surface area (Å²) in [7, 11) is 0. The fraction of sp³-hybridized carbons (Fsp3) is 0.143. The Balaban J connectivity index is 2.26. The molecule has 0 spiro atoms. The lowest BCUT2D eigenvalue weighted by Crippen LogP contribution is -1.97. The Morgan fingerprint density at radius 3 is 2.35 bits per heavy atom. The second-order valence-corrected chi connectivity index (χ2v) is 4.39. The van der Waals surface area contributed by atoms with E-state index in [0.29, 0.717) is 12.5 Å². The number of alkyl halides is 1. The number of hydrogen-bond acceptors (Lipinski definition) is 1. The molecule has 2 aromatic carbocycles. The molecule has 0 aromatic heterocycles. The predicted molar refractivity (Wildman–Crippen MR) is 73.1 cm³/mol. The number of rotatable bonds is 4. The Bertz CT molecular complexity index is 497. The van der Waals surface area contributed by atoms with Crippen LogP contribution in [0, 0.1) is 0 Å². The van der Waals surface area contributed by atoms with E-state index in [4.69, 9.17) is 27.9 Å². The van der Waals surface area contributed by atoms with Crippen molar-refractivity contribution in [2.24, 2.45) is 0 Å². The molecule has 3 heteroatoms. The van der Waals surface area contributed by atoms with Gasteiger partial charge in [0.2, 0.25) is 0 Å². The normalized spacial score (nSPS) is 10.2. The van der Waals surface area contributed by atoms with Crippen LogP contribution < -0.4 is 4.74 Å². The van der Waals surface area contributed by atoms with E-state index in [1.54, 1.807) is 0 Å². The zero-order chi connectivity index (χ0) is 12.1. The van der Waals surface area contributed by atoms with Crippen molar-refractivity contribution in [3.63, 3.8) is 0 Å². The van der Waals surface area contributed by atoms with Gasteiger partial charge in [0.05, 0.1) is 5.88 Å². The molecule has 0 aliphatic rings. The molecule has 0 amide bonds. The van der Waals surface area contributed by atoms with Gasteiger partial charge in [-0.15, -0.1) is 11.6 Å². The third kappa shape index (κ3) is 3.39. The van der Waals surface area contributed by atoms with Gasteiger partial charge in [-0.2, -0.15) is 0 Å². The summed E-state index contributed by atoms with van der Waals surface area (Å²) >= 11 is 11.6. The van der Waals surface area contributed by atoms with Crippen LogP contribution in [0.3, 0.4) is 0 Å².